The summed E-state index contributed by atoms with van der Waals surface area (Å²) in [7, 11) is 0. The van der Waals surface area contributed by atoms with Gasteiger partial charge in [-0.1, -0.05) is 42.5 Å². The highest BCUT2D eigenvalue weighted by Crippen LogP contribution is 2.47. The third-order valence-corrected chi connectivity index (χ3v) is 4.98. The molecule has 0 bridgehead atoms. The molecule has 28 heavy (non-hydrogen) atoms. The minimum Gasteiger partial charge on any atom is -0.508 e. The fourth-order valence-electron chi connectivity index (χ4n) is 3.72. The number of aromatic hydroxyl groups is 1. The zero-order valence-electron chi connectivity index (χ0n) is 15.1. The number of ether oxygens (including phenoxy) is 2. The molecule has 1 aliphatic heterocycles. The Balaban J connectivity index is 1.73. The van der Waals surface area contributed by atoms with Crippen molar-refractivity contribution in [3.63, 3.8) is 0 Å². The summed E-state index contributed by atoms with van der Waals surface area (Å²) in [6.07, 6.45) is 0. The molecule has 0 spiro atoms. The Morgan fingerprint density at radius 3 is 2.46 bits per heavy atom. The van der Waals surface area contributed by atoms with Crippen LogP contribution in [-0.2, 0) is 4.79 Å². The summed E-state index contributed by atoms with van der Waals surface area (Å²) in [4.78, 5) is 10.7. The molecule has 3 aromatic rings. The van der Waals surface area contributed by atoms with E-state index in [1.54, 1.807) is 30.3 Å². The highest BCUT2D eigenvalue weighted by Gasteiger charge is 2.33. The Morgan fingerprint density at radius 2 is 1.75 bits per heavy atom. The van der Waals surface area contributed by atoms with Gasteiger partial charge >= 0.3 is 5.97 Å². The van der Waals surface area contributed by atoms with Gasteiger partial charge in [-0.15, -0.1) is 0 Å². The van der Waals surface area contributed by atoms with Gasteiger partial charge in [-0.2, -0.15) is 0 Å². The van der Waals surface area contributed by atoms with Gasteiger partial charge in [0.1, 0.15) is 17.2 Å². The van der Waals surface area contributed by atoms with E-state index in [1.807, 2.05) is 30.3 Å². The third-order valence-electron chi connectivity index (χ3n) is 4.98. The summed E-state index contributed by atoms with van der Waals surface area (Å²) in [5, 5.41) is 18.8. The van der Waals surface area contributed by atoms with Crippen molar-refractivity contribution in [1.82, 2.24) is 0 Å². The maximum absolute atomic E-state index is 10.7. The predicted octanol–water partition coefficient (Wildman–Crippen LogP) is 4.16. The highest BCUT2D eigenvalue weighted by atomic mass is 16.5. The molecular weight excluding hydrogens is 356 g/mol. The molecule has 2 atom stereocenters. The van der Waals surface area contributed by atoms with Gasteiger partial charge in [0, 0.05) is 17.4 Å². The first-order chi connectivity index (χ1) is 13.6. The van der Waals surface area contributed by atoms with Crippen LogP contribution in [0, 0.1) is 0 Å². The number of rotatable bonds is 5. The molecule has 0 aromatic heterocycles. The zero-order chi connectivity index (χ0) is 19.5. The van der Waals surface area contributed by atoms with Crippen molar-refractivity contribution in [1.29, 1.82) is 0 Å². The van der Waals surface area contributed by atoms with E-state index in [-0.39, 0.29) is 24.2 Å². The van der Waals surface area contributed by atoms with Crippen LogP contribution in [0.15, 0.2) is 72.8 Å². The van der Waals surface area contributed by atoms with Gasteiger partial charge in [0.05, 0.1) is 6.61 Å². The number of benzene rings is 3. The van der Waals surface area contributed by atoms with Gasteiger partial charge in [0.15, 0.2) is 6.61 Å². The summed E-state index contributed by atoms with van der Waals surface area (Å²) in [5.41, 5.74) is 3.14. The highest BCUT2D eigenvalue weighted by molar-refractivity contribution is 5.68. The fourth-order valence-corrected chi connectivity index (χ4v) is 3.72. The normalized spacial score (nSPS) is 18.0. The topological polar surface area (TPSA) is 76.0 Å². The molecule has 142 valence electrons. The van der Waals surface area contributed by atoms with E-state index in [9.17, 15) is 9.90 Å². The van der Waals surface area contributed by atoms with E-state index in [0.29, 0.717) is 12.4 Å². The quantitative estimate of drug-likeness (QED) is 0.699. The number of carbonyl (C=O) groups is 1. The minimum absolute atomic E-state index is 0.00762. The van der Waals surface area contributed by atoms with Gasteiger partial charge in [0.2, 0.25) is 0 Å². The molecule has 4 rings (SSSR count). The van der Waals surface area contributed by atoms with Crippen molar-refractivity contribution in [3.8, 4) is 17.2 Å². The van der Waals surface area contributed by atoms with Gasteiger partial charge in [0.25, 0.3) is 0 Å². The predicted molar refractivity (Wildman–Crippen MR) is 104 cm³/mol. The van der Waals surface area contributed by atoms with Crippen LogP contribution in [-0.4, -0.2) is 29.4 Å². The maximum Gasteiger partial charge on any atom is 0.341 e. The van der Waals surface area contributed by atoms with Gasteiger partial charge in [-0.3, -0.25) is 0 Å². The lowest BCUT2D eigenvalue weighted by Gasteiger charge is -2.34. The Kier molecular flexibility index (Phi) is 4.89. The number of hydrogen-bond donors (Lipinski definition) is 2. The molecule has 5 nitrogen and oxygen atoms in total. The van der Waals surface area contributed by atoms with Crippen molar-refractivity contribution >= 4 is 5.97 Å². The molecule has 5 heteroatoms. The minimum atomic E-state index is -1.01. The Hall–Kier alpha value is -3.47. The lowest BCUT2D eigenvalue weighted by Crippen LogP contribution is -2.25. The average Bonchev–Trinajstić information content (AvgIpc) is 2.72. The number of aliphatic carboxylic acids is 1. The summed E-state index contributed by atoms with van der Waals surface area (Å²) in [6.45, 7) is 0.156. The van der Waals surface area contributed by atoms with Crippen LogP contribution in [0.1, 0.15) is 28.5 Å². The van der Waals surface area contributed by atoms with Crippen molar-refractivity contribution in [2.24, 2.45) is 0 Å². The first-order valence-corrected chi connectivity index (χ1v) is 9.07. The molecule has 1 heterocycles. The van der Waals surface area contributed by atoms with E-state index >= 15 is 0 Å². The summed E-state index contributed by atoms with van der Waals surface area (Å²) in [5.74, 6) is 0.532. The number of hydrogen-bond acceptors (Lipinski definition) is 4. The molecular formula is C23H20O5. The number of carboxylic acid groups (broad SMARTS) is 1. The molecule has 0 radical (unpaired) electrons. The molecule has 1 aliphatic rings. The van der Waals surface area contributed by atoms with Gasteiger partial charge in [-0.25, -0.2) is 4.79 Å². The van der Waals surface area contributed by atoms with Crippen molar-refractivity contribution < 1.29 is 24.5 Å². The molecule has 2 N–H and O–H groups in total. The molecule has 0 aliphatic carbocycles. The van der Waals surface area contributed by atoms with E-state index in [4.69, 9.17) is 14.6 Å². The smallest absolute Gasteiger partial charge is 0.341 e. The second kappa shape index (κ2) is 7.64. The van der Waals surface area contributed by atoms with Crippen LogP contribution in [0.2, 0.25) is 0 Å². The fraction of sp³-hybridized carbons (Fsp3) is 0.174. The average molecular weight is 376 g/mol. The summed E-state index contributed by atoms with van der Waals surface area (Å²) >= 11 is 0. The van der Waals surface area contributed by atoms with E-state index in [2.05, 4.69) is 12.1 Å². The number of phenols is 1. The Bertz CT molecular complexity index is 966. The Labute approximate surface area is 162 Å². The van der Waals surface area contributed by atoms with Crippen LogP contribution >= 0.6 is 0 Å². The number of fused-ring (bicyclic) bond motifs is 1. The second-order valence-corrected chi connectivity index (χ2v) is 6.78. The third kappa shape index (κ3) is 3.64. The maximum atomic E-state index is 10.7. The number of phenolic OH excluding ortho intramolecular Hbond substituents is 1. The van der Waals surface area contributed by atoms with Gasteiger partial charge in [-0.05, 0) is 41.5 Å². The van der Waals surface area contributed by atoms with Crippen LogP contribution in [0.4, 0.5) is 0 Å². The SMILES string of the molecule is O=C(O)COc1ccc([C@@H]2c3cc(O)ccc3OC[C@H]2c2ccccc2)cc1. The molecule has 0 fully saturated rings. The van der Waals surface area contributed by atoms with E-state index in [1.165, 1.54) is 0 Å². The summed E-state index contributed by atoms with van der Waals surface area (Å²) < 4.78 is 11.2. The standard InChI is InChI=1S/C23H20O5/c24-17-8-11-21-19(12-17)23(20(13-28-21)15-4-2-1-3-5-15)16-6-9-18(10-7-16)27-14-22(25)26/h1-12,20,23-24H,13-14H2,(H,25,26)/t20-,23+/m0/s1. The Morgan fingerprint density at radius 1 is 1.00 bits per heavy atom. The molecule has 0 saturated heterocycles. The van der Waals surface area contributed by atoms with E-state index in [0.717, 1.165) is 22.4 Å². The molecule has 0 unspecified atom stereocenters. The van der Waals surface area contributed by atoms with Crippen LogP contribution in [0.3, 0.4) is 0 Å². The first-order valence-electron chi connectivity index (χ1n) is 9.07. The first kappa shape index (κ1) is 17.9. The van der Waals surface area contributed by atoms with E-state index < -0.39 is 5.97 Å². The van der Waals surface area contributed by atoms with Crippen molar-refractivity contribution in [2.75, 3.05) is 13.2 Å². The lowest BCUT2D eigenvalue weighted by atomic mass is 9.76. The summed E-state index contributed by atoms with van der Waals surface area (Å²) in [6, 6.07) is 22.8. The van der Waals surface area contributed by atoms with Crippen LogP contribution in [0.25, 0.3) is 0 Å². The lowest BCUT2D eigenvalue weighted by molar-refractivity contribution is -0.139. The van der Waals surface area contributed by atoms with Crippen LogP contribution in [0.5, 0.6) is 17.2 Å². The second-order valence-electron chi connectivity index (χ2n) is 6.78. The monoisotopic (exact) mass is 376 g/mol. The molecule has 0 saturated carbocycles. The molecule has 0 amide bonds. The molecule has 3 aromatic carbocycles. The zero-order valence-corrected chi connectivity index (χ0v) is 15.1. The van der Waals surface area contributed by atoms with Crippen molar-refractivity contribution in [3.05, 3.63) is 89.5 Å². The number of carboxylic acids is 1. The largest absolute Gasteiger partial charge is 0.508 e. The van der Waals surface area contributed by atoms with Crippen molar-refractivity contribution in [2.45, 2.75) is 11.8 Å². The van der Waals surface area contributed by atoms with Crippen LogP contribution < -0.4 is 9.47 Å². The van der Waals surface area contributed by atoms with Gasteiger partial charge < -0.3 is 19.7 Å².